The Hall–Kier alpha value is -3.59. The molecule has 0 radical (unpaired) electrons. The Morgan fingerprint density at radius 2 is 1.74 bits per heavy atom. The zero-order valence-corrected chi connectivity index (χ0v) is 20.1. The van der Waals surface area contributed by atoms with Gasteiger partial charge in [-0.25, -0.2) is 4.98 Å². The van der Waals surface area contributed by atoms with Gasteiger partial charge in [0.05, 0.1) is 27.9 Å². The summed E-state index contributed by atoms with van der Waals surface area (Å²) in [5, 5.41) is 9.79. The minimum Gasteiger partial charge on any atom is -0.392 e. The van der Waals surface area contributed by atoms with Crippen LogP contribution in [-0.2, 0) is 6.61 Å². The number of aromatic nitrogens is 2. The number of piperazine rings is 1. The molecule has 5 aromatic rings. The third-order valence-electron chi connectivity index (χ3n) is 6.72. The molecule has 1 aliphatic rings. The smallest absolute Gasteiger partial charge is 0.260 e. The van der Waals surface area contributed by atoms with Gasteiger partial charge in [-0.3, -0.25) is 14.0 Å². The lowest BCUT2D eigenvalue weighted by Gasteiger charge is -2.32. The quantitative estimate of drug-likeness (QED) is 0.423. The number of rotatable bonds is 3. The molecule has 8 heteroatoms. The van der Waals surface area contributed by atoms with Crippen molar-refractivity contribution >= 4 is 43.3 Å². The molecule has 1 aliphatic heterocycles. The summed E-state index contributed by atoms with van der Waals surface area (Å²) < 4.78 is 2.96. The first-order chi connectivity index (χ1) is 17.0. The van der Waals surface area contributed by atoms with Crippen molar-refractivity contribution < 1.29 is 9.90 Å². The van der Waals surface area contributed by atoms with Crippen molar-refractivity contribution in [3.8, 4) is 11.3 Å². The van der Waals surface area contributed by atoms with Gasteiger partial charge in [-0.05, 0) is 36.9 Å². The maximum absolute atomic E-state index is 13.8. The Kier molecular flexibility index (Phi) is 5.36. The number of carbonyl (C=O) groups excluding carboxylic acids is 1. The van der Waals surface area contributed by atoms with Crippen molar-refractivity contribution in [2.24, 2.45) is 0 Å². The van der Waals surface area contributed by atoms with Gasteiger partial charge in [0.1, 0.15) is 16.0 Å². The normalized spacial score (nSPS) is 14.9. The molecule has 0 unspecified atom stereocenters. The van der Waals surface area contributed by atoms with Crippen molar-refractivity contribution in [1.82, 2.24) is 19.2 Å². The van der Waals surface area contributed by atoms with Crippen LogP contribution >= 0.6 is 11.3 Å². The number of fused-ring (bicyclic) bond motifs is 5. The van der Waals surface area contributed by atoms with E-state index in [0.717, 1.165) is 40.1 Å². The summed E-state index contributed by atoms with van der Waals surface area (Å²) in [6.07, 6.45) is 0. The van der Waals surface area contributed by atoms with E-state index in [4.69, 9.17) is 4.98 Å². The number of pyridine rings is 2. The van der Waals surface area contributed by atoms with E-state index in [-0.39, 0.29) is 23.5 Å². The van der Waals surface area contributed by atoms with Crippen LogP contribution in [0.3, 0.4) is 0 Å². The van der Waals surface area contributed by atoms with Gasteiger partial charge in [0.2, 0.25) is 5.43 Å². The summed E-state index contributed by atoms with van der Waals surface area (Å²) in [6.45, 7) is 2.76. The molecule has 1 saturated heterocycles. The summed E-state index contributed by atoms with van der Waals surface area (Å²) in [7, 11) is 2.04. The topological polar surface area (TPSA) is 78.2 Å². The Labute approximate surface area is 205 Å². The van der Waals surface area contributed by atoms with Gasteiger partial charge in [-0.15, -0.1) is 11.3 Å². The fraction of sp³-hybridized carbons (Fsp3) is 0.222. The summed E-state index contributed by atoms with van der Waals surface area (Å²) in [6, 6.07) is 19.1. The Bertz CT molecular complexity index is 1650. The average Bonchev–Trinajstić information content (AvgIpc) is 3.28. The highest BCUT2D eigenvalue weighted by Gasteiger charge is 2.28. The molecule has 6 rings (SSSR count). The van der Waals surface area contributed by atoms with E-state index in [9.17, 15) is 14.7 Å². The van der Waals surface area contributed by atoms with Crippen LogP contribution in [0.2, 0.25) is 0 Å². The van der Waals surface area contributed by atoms with Crippen molar-refractivity contribution in [3.63, 3.8) is 0 Å². The lowest BCUT2D eigenvalue weighted by atomic mass is 10.1. The molecule has 0 saturated carbocycles. The zero-order chi connectivity index (χ0) is 24.1. The average molecular weight is 485 g/mol. The van der Waals surface area contributed by atoms with E-state index < -0.39 is 0 Å². The minimum absolute atomic E-state index is 0.0214. The molecule has 176 valence electrons. The second kappa shape index (κ2) is 8.57. The lowest BCUT2D eigenvalue weighted by molar-refractivity contribution is 0.0665. The van der Waals surface area contributed by atoms with Gasteiger partial charge in [-0.1, -0.05) is 36.4 Å². The van der Waals surface area contributed by atoms with Crippen LogP contribution in [0.25, 0.3) is 37.3 Å². The number of hydrogen-bond acceptors (Lipinski definition) is 6. The second-order valence-electron chi connectivity index (χ2n) is 8.93. The first-order valence-corrected chi connectivity index (χ1v) is 12.4. The predicted molar refractivity (Wildman–Crippen MR) is 139 cm³/mol. The molecule has 1 fully saturated rings. The van der Waals surface area contributed by atoms with Crippen molar-refractivity contribution in [2.75, 3.05) is 33.2 Å². The van der Waals surface area contributed by atoms with Gasteiger partial charge < -0.3 is 14.9 Å². The summed E-state index contributed by atoms with van der Waals surface area (Å²) in [4.78, 5) is 37.0. The molecule has 3 aromatic heterocycles. The largest absolute Gasteiger partial charge is 0.392 e. The Balaban J connectivity index is 1.61. The first kappa shape index (κ1) is 21.9. The van der Waals surface area contributed by atoms with Crippen LogP contribution in [0.4, 0.5) is 0 Å². The number of hydrogen-bond donors (Lipinski definition) is 1. The molecule has 4 heterocycles. The fourth-order valence-electron chi connectivity index (χ4n) is 4.69. The van der Waals surface area contributed by atoms with Crippen LogP contribution < -0.4 is 5.43 Å². The van der Waals surface area contributed by atoms with Crippen LogP contribution in [0.15, 0.2) is 65.5 Å². The van der Waals surface area contributed by atoms with Crippen LogP contribution in [0, 0.1) is 0 Å². The molecular formula is C27H24N4O3S. The van der Waals surface area contributed by atoms with E-state index in [1.54, 1.807) is 11.0 Å². The Morgan fingerprint density at radius 3 is 2.49 bits per heavy atom. The van der Waals surface area contributed by atoms with Crippen molar-refractivity contribution in [2.45, 2.75) is 6.61 Å². The van der Waals surface area contributed by atoms with Crippen molar-refractivity contribution in [1.29, 1.82) is 0 Å². The molecule has 7 nitrogen and oxygen atoms in total. The standard InChI is InChI=1S/C27H24N4O3S/c1-29-12-14-30(15-13-29)26(34)23-24(33)19-10-11-20(18-8-6-17(16-32)7-9-18)28-25(19)31-21-4-2-3-5-22(21)35-27(23)31/h2-11,32H,12-16H2,1H3. The van der Waals surface area contributed by atoms with Gasteiger partial charge in [0.25, 0.3) is 5.91 Å². The zero-order valence-electron chi connectivity index (χ0n) is 19.3. The van der Waals surface area contributed by atoms with E-state index in [0.29, 0.717) is 29.0 Å². The highest BCUT2D eigenvalue weighted by Crippen LogP contribution is 2.32. The number of carbonyl (C=O) groups is 1. The van der Waals surface area contributed by atoms with Crippen molar-refractivity contribution in [3.05, 3.63) is 82.0 Å². The number of benzene rings is 2. The SMILES string of the molecule is CN1CCN(C(=O)c2c(=O)c3ccc(-c4ccc(CO)cc4)nc3n3c2sc2ccccc23)CC1. The third kappa shape index (κ3) is 3.61. The van der Waals surface area contributed by atoms with Gasteiger partial charge in [0, 0.05) is 31.7 Å². The third-order valence-corrected chi connectivity index (χ3v) is 7.87. The number of thiazole rings is 1. The number of likely N-dealkylation sites (N-methyl/N-ethyl adjacent to an activating group) is 1. The molecule has 0 bridgehead atoms. The molecule has 1 N–H and O–H groups in total. The number of amides is 1. The highest BCUT2D eigenvalue weighted by atomic mass is 32.1. The highest BCUT2D eigenvalue weighted by molar-refractivity contribution is 7.24. The lowest BCUT2D eigenvalue weighted by Crippen LogP contribution is -2.48. The number of aliphatic hydroxyl groups excluding tert-OH is 1. The van der Waals surface area contributed by atoms with Gasteiger partial charge in [0.15, 0.2) is 0 Å². The summed E-state index contributed by atoms with van der Waals surface area (Å²) in [5.74, 6) is -0.210. The monoisotopic (exact) mass is 484 g/mol. The van der Waals surface area contributed by atoms with E-state index in [1.807, 2.05) is 66.0 Å². The van der Waals surface area contributed by atoms with E-state index in [1.165, 1.54) is 11.3 Å². The molecular weight excluding hydrogens is 460 g/mol. The molecule has 1 amide bonds. The fourth-order valence-corrected chi connectivity index (χ4v) is 5.86. The van der Waals surface area contributed by atoms with Gasteiger partial charge in [-0.2, -0.15) is 0 Å². The summed E-state index contributed by atoms with van der Waals surface area (Å²) in [5.41, 5.74) is 3.86. The number of aliphatic hydroxyl groups is 1. The van der Waals surface area contributed by atoms with Crippen LogP contribution in [-0.4, -0.2) is 63.4 Å². The molecule has 2 aromatic carbocycles. The maximum Gasteiger partial charge on any atom is 0.260 e. The molecule has 0 spiro atoms. The number of nitrogens with zero attached hydrogens (tertiary/aromatic N) is 4. The molecule has 35 heavy (non-hydrogen) atoms. The van der Waals surface area contributed by atoms with Crippen LogP contribution in [0.5, 0.6) is 0 Å². The maximum atomic E-state index is 13.8. The molecule has 0 aliphatic carbocycles. The van der Waals surface area contributed by atoms with Gasteiger partial charge >= 0.3 is 0 Å². The van der Waals surface area contributed by atoms with E-state index >= 15 is 0 Å². The van der Waals surface area contributed by atoms with E-state index in [2.05, 4.69) is 4.90 Å². The number of para-hydroxylation sites is 1. The Morgan fingerprint density at radius 1 is 1.00 bits per heavy atom. The molecule has 0 atom stereocenters. The predicted octanol–water partition coefficient (Wildman–Crippen LogP) is 3.61. The first-order valence-electron chi connectivity index (χ1n) is 11.6. The minimum atomic E-state index is -0.273. The summed E-state index contributed by atoms with van der Waals surface area (Å²) >= 11 is 1.45. The second-order valence-corrected chi connectivity index (χ2v) is 9.96. The van der Waals surface area contributed by atoms with Crippen LogP contribution in [0.1, 0.15) is 15.9 Å².